The highest BCUT2D eigenvalue weighted by molar-refractivity contribution is 7.92. The molecule has 1 aliphatic heterocycles. The second-order valence-corrected chi connectivity index (χ2v) is 9.21. The average Bonchev–Trinajstić information content (AvgIpc) is 2.80. The Morgan fingerprint density at radius 1 is 0.812 bits per heavy atom. The first-order chi connectivity index (χ1) is 15.2. The van der Waals surface area contributed by atoms with E-state index in [9.17, 15) is 21.6 Å². The van der Waals surface area contributed by atoms with Crippen molar-refractivity contribution in [2.75, 3.05) is 22.7 Å². The average molecular weight is 462 g/mol. The molecule has 0 aliphatic carbocycles. The van der Waals surface area contributed by atoms with Crippen LogP contribution in [0.25, 0.3) is 11.3 Å². The molecule has 2 heterocycles. The number of alkyl halides is 3. The molecule has 0 radical (unpaired) electrons. The molecule has 6 nitrogen and oxygen atoms in total. The quantitative estimate of drug-likeness (QED) is 0.581. The number of nitrogens with one attached hydrogen (secondary N) is 1. The fourth-order valence-corrected chi connectivity index (χ4v) is 4.58. The molecule has 0 saturated carbocycles. The minimum atomic E-state index is -4.53. The van der Waals surface area contributed by atoms with Gasteiger partial charge in [0.15, 0.2) is 5.82 Å². The van der Waals surface area contributed by atoms with Gasteiger partial charge in [-0.1, -0.05) is 12.1 Å². The van der Waals surface area contributed by atoms with Gasteiger partial charge in [-0.15, -0.1) is 10.2 Å². The Labute approximate surface area is 184 Å². The van der Waals surface area contributed by atoms with E-state index < -0.39 is 21.8 Å². The summed E-state index contributed by atoms with van der Waals surface area (Å²) < 4.78 is 65.4. The molecule has 0 amide bonds. The van der Waals surface area contributed by atoms with Gasteiger partial charge in [0.25, 0.3) is 10.0 Å². The first-order valence-electron chi connectivity index (χ1n) is 10.1. The molecule has 32 heavy (non-hydrogen) atoms. The second kappa shape index (κ2) is 8.78. The maximum Gasteiger partial charge on any atom is 0.416 e. The van der Waals surface area contributed by atoms with Gasteiger partial charge >= 0.3 is 6.18 Å². The molecule has 2 aromatic carbocycles. The zero-order chi connectivity index (χ0) is 22.8. The zero-order valence-corrected chi connectivity index (χ0v) is 17.8. The molecule has 1 N–H and O–H groups in total. The molecular weight excluding hydrogens is 441 g/mol. The third-order valence-corrected chi connectivity index (χ3v) is 6.65. The smallest absolute Gasteiger partial charge is 0.355 e. The van der Waals surface area contributed by atoms with Crippen LogP contribution < -0.4 is 9.62 Å². The van der Waals surface area contributed by atoms with E-state index in [0.717, 1.165) is 61.6 Å². The summed E-state index contributed by atoms with van der Waals surface area (Å²) in [6.45, 7) is 1.95. The van der Waals surface area contributed by atoms with E-state index in [4.69, 9.17) is 0 Å². The van der Waals surface area contributed by atoms with Crippen LogP contribution in [-0.2, 0) is 16.2 Å². The monoisotopic (exact) mass is 462 g/mol. The van der Waals surface area contributed by atoms with Gasteiger partial charge in [0.05, 0.1) is 16.2 Å². The summed E-state index contributed by atoms with van der Waals surface area (Å²) in [7, 11) is -4.02. The number of halogens is 3. The molecule has 0 spiro atoms. The minimum absolute atomic E-state index is 0.256. The van der Waals surface area contributed by atoms with Crippen molar-refractivity contribution in [3.8, 4) is 11.3 Å². The molecule has 1 aromatic heterocycles. The van der Waals surface area contributed by atoms with Gasteiger partial charge in [-0.2, -0.15) is 13.2 Å². The van der Waals surface area contributed by atoms with Crippen molar-refractivity contribution < 1.29 is 21.6 Å². The van der Waals surface area contributed by atoms with Gasteiger partial charge in [0.2, 0.25) is 0 Å². The third-order valence-electron chi connectivity index (χ3n) is 5.26. The first-order valence-corrected chi connectivity index (χ1v) is 11.6. The van der Waals surface area contributed by atoms with Crippen molar-refractivity contribution in [1.29, 1.82) is 0 Å². The number of hydrogen-bond donors (Lipinski definition) is 1. The van der Waals surface area contributed by atoms with Crippen molar-refractivity contribution in [1.82, 2.24) is 10.2 Å². The van der Waals surface area contributed by atoms with Gasteiger partial charge in [-0.25, -0.2) is 8.42 Å². The minimum Gasteiger partial charge on any atom is -0.355 e. The maximum absolute atomic E-state index is 12.7. The highest BCUT2D eigenvalue weighted by atomic mass is 32.2. The largest absolute Gasteiger partial charge is 0.416 e. The fourth-order valence-electron chi connectivity index (χ4n) is 3.52. The summed E-state index contributed by atoms with van der Waals surface area (Å²) in [5.74, 6) is 0.842. The van der Waals surface area contributed by atoms with Crippen molar-refractivity contribution in [3.63, 3.8) is 0 Å². The third kappa shape index (κ3) is 5.01. The van der Waals surface area contributed by atoms with Crippen LogP contribution in [0, 0.1) is 0 Å². The Kier molecular flexibility index (Phi) is 6.05. The lowest BCUT2D eigenvalue weighted by Crippen LogP contribution is -2.30. The lowest BCUT2D eigenvalue weighted by atomic mass is 10.1. The number of benzene rings is 2. The standard InChI is InChI=1S/C22H21F3N4O2S/c23-22(24,25)17-6-10-19(11-7-17)32(30,31)28-18-8-4-16(5-9-18)20-12-13-21(27-26-20)29-14-2-1-3-15-29/h4-13,28H,1-3,14-15H2. The molecule has 3 aromatic rings. The molecular formula is C22H21F3N4O2S. The fraction of sp³-hybridized carbons (Fsp3) is 0.273. The molecule has 4 rings (SSSR count). The van der Waals surface area contributed by atoms with Gasteiger partial charge in [-0.3, -0.25) is 4.72 Å². The predicted octanol–water partition coefficient (Wildman–Crippen LogP) is 4.95. The Morgan fingerprint density at radius 2 is 1.47 bits per heavy atom. The number of sulfonamides is 1. The molecule has 1 saturated heterocycles. The van der Waals surface area contributed by atoms with Crippen LogP contribution in [0.3, 0.4) is 0 Å². The van der Waals surface area contributed by atoms with Crippen molar-refractivity contribution in [2.24, 2.45) is 0 Å². The summed E-state index contributed by atoms with van der Waals surface area (Å²) in [5.41, 5.74) is 0.794. The second-order valence-electron chi connectivity index (χ2n) is 7.53. The first kappa shape index (κ1) is 22.1. The summed E-state index contributed by atoms with van der Waals surface area (Å²) in [4.78, 5) is 1.95. The van der Waals surface area contributed by atoms with Crippen LogP contribution in [-0.4, -0.2) is 31.7 Å². The maximum atomic E-state index is 12.7. The number of hydrogen-bond acceptors (Lipinski definition) is 5. The number of rotatable bonds is 5. The number of nitrogens with zero attached hydrogens (tertiary/aromatic N) is 3. The zero-order valence-electron chi connectivity index (χ0n) is 17.0. The highest BCUT2D eigenvalue weighted by Crippen LogP contribution is 2.30. The van der Waals surface area contributed by atoms with E-state index >= 15 is 0 Å². The Morgan fingerprint density at radius 3 is 2.03 bits per heavy atom. The van der Waals surface area contributed by atoms with Crippen LogP contribution in [0.4, 0.5) is 24.7 Å². The van der Waals surface area contributed by atoms with Crippen LogP contribution in [0.1, 0.15) is 24.8 Å². The summed E-state index contributed by atoms with van der Waals surface area (Å²) in [5, 5.41) is 8.59. The molecule has 0 bridgehead atoms. The van der Waals surface area contributed by atoms with E-state index in [-0.39, 0.29) is 10.6 Å². The van der Waals surface area contributed by atoms with Crippen LogP contribution >= 0.6 is 0 Å². The molecule has 0 atom stereocenters. The summed E-state index contributed by atoms with van der Waals surface area (Å²) in [6, 6.07) is 13.7. The van der Waals surface area contributed by atoms with E-state index in [1.165, 1.54) is 6.42 Å². The number of piperidine rings is 1. The molecule has 1 aliphatic rings. The number of aromatic nitrogens is 2. The lowest BCUT2D eigenvalue weighted by molar-refractivity contribution is -0.137. The van der Waals surface area contributed by atoms with Crippen molar-refractivity contribution in [2.45, 2.75) is 30.3 Å². The summed E-state index contributed by atoms with van der Waals surface area (Å²) >= 11 is 0. The van der Waals surface area contributed by atoms with Crippen LogP contribution in [0.15, 0.2) is 65.6 Å². The van der Waals surface area contributed by atoms with E-state index in [0.29, 0.717) is 5.69 Å². The topological polar surface area (TPSA) is 75.2 Å². The van der Waals surface area contributed by atoms with E-state index in [1.807, 2.05) is 12.1 Å². The van der Waals surface area contributed by atoms with Gasteiger partial charge in [0, 0.05) is 24.3 Å². The Balaban J connectivity index is 1.45. The van der Waals surface area contributed by atoms with Crippen LogP contribution in [0.2, 0.25) is 0 Å². The highest BCUT2D eigenvalue weighted by Gasteiger charge is 2.30. The van der Waals surface area contributed by atoms with Crippen molar-refractivity contribution >= 4 is 21.5 Å². The van der Waals surface area contributed by atoms with E-state index in [1.54, 1.807) is 24.3 Å². The predicted molar refractivity (Wildman–Crippen MR) is 116 cm³/mol. The normalized spacial score (nSPS) is 14.9. The number of anilines is 2. The van der Waals surface area contributed by atoms with Crippen molar-refractivity contribution in [3.05, 3.63) is 66.2 Å². The van der Waals surface area contributed by atoms with Gasteiger partial charge in [-0.05, 0) is 67.8 Å². The molecule has 10 heteroatoms. The molecule has 0 unspecified atom stereocenters. The summed E-state index contributed by atoms with van der Waals surface area (Å²) in [6.07, 6.45) is -1.00. The lowest BCUT2D eigenvalue weighted by Gasteiger charge is -2.27. The van der Waals surface area contributed by atoms with Crippen LogP contribution in [0.5, 0.6) is 0 Å². The SMILES string of the molecule is O=S(=O)(Nc1ccc(-c2ccc(N3CCCCC3)nn2)cc1)c1ccc(C(F)(F)F)cc1. The Hall–Kier alpha value is -3.14. The van der Waals surface area contributed by atoms with Gasteiger partial charge < -0.3 is 4.90 Å². The molecule has 1 fully saturated rings. The van der Waals surface area contributed by atoms with E-state index in [2.05, 4.69) is 19.8 Å². The van der Waals surface area contributed by atoms with Gasteiger partial charge in [0.1, 0.15) is 0 Å². The Bertz CT molecular complexity index is 1160. The molecule has 168 valence electrons.